The fourth-order valence-electron chi connectivity index (χ4n) is 3.14. The van der Waals surface area contributed by atoms with Crippen LogP contribution in [0.4, 0.5) is 0 Å². The van der Waals surface area contributed by atoms with Gasteiger partial charge in [-0.25, -0.2) is 0 Å². The minimum absolute atomic E-state index is 0.508. The molecule has 0 aliphatic rings. The molecule has 0 bridgehead atoms. The predicted molar refractivity (Wildman–Crippen MR) is 112 cm³/mol. The van der Waals surface area contributed by atoms with Crippen LogP contribution in [0.25, 0.3) is 0 Å². The topological polar surface area (TPSA) is 44.5 Å². The maximum atomic E-state index is 6.10. The number of hydrogen-bond donors (Lipinski definition) is 1. The standard InChI is InChI=1S/C23H41NO2/c1-5-9-11-19(7-3)17-25-22-13-21(16-24)14-23(15-22)26-18-20(8-4)12-10-6-2/h13-15,19-20H,5-12,16-18,24H2,1-4H3. The molecule has 26 heavy (non-hydrogen) atoms. The molecule has 150 valence electrons. The predicted octanol–water partition coefficient (Wildman–Crippen LogP) is 6.34. The second kappa shape index (κ2) is 13.9. The molecule has 2 N–H and O–H groups in total. The Labute approximate surface area is 161 Å². The highest BCUT2D eigenvalue weighted by atomic mass is 16.5. The maximum Gasteiger partial charge on any atom is 0.123 e. The normalized spacial score (nSPS) is 13.4. The van der Waals surface area contributed by atoms with Gasteiger partial charge < -0.3 is 15.2 Å². The molecular weight excluding hydrogens is 322 g/mol. The van der Waals surface area contributed by atoms with Gasteiger partial charge in [-0.05, 0) is 42.4 Å². The summed E-state index contributed by atoms with van der Waals surface area (Å²) in [5, 5.41) is 0. The number of rotatable bonds is 15. The summed E-state index contributed by atoms with van der Waals surface area (Å²) in [5.74, 6) is 3.03. The van der Waals surface area contributed by atoms with Crippen molar-refractivity contribution in [3.8, 4) is 11.5 Å². The van der Waals surface area contributed by atoms with Crippen LogP contribution in [0.15, 0.2) is 18.2 Å². The highest BCUT2D eigenvalue weighted by Crippen LogP contribution is 2.25. The molecule has 0 aliphatic carbocycles. The number of unbranched alkanes of at least 4 members (excludes halogenated alkanes) is 2. The van der Waals surface area contributed by atoms with Crippen LogP contribution in [-0.4, -0.2) is 13.2 Å². The van der Waals surface area contributed by atoms with Gasteiger partial charge in [-0.3, -0.25) is 0 Å². The average molecular weight is 364 g/mol. The van der Waals surface area contributed by atoms with Crippen molar-refractivity contribution in [1.29, 1.82) is 0 Å². The Hall–Kier alpha value is -1.22. The van der Waals surface area contributed by atoms with E-state index in [1.165, 1.54) is 38.5 Å². The van der Waals surface area contributed by atoms with E-state index in [1.807, 2.05) is 18.2 Å². The second-order valence-electron chi connectivity index (χ2n) is 7.47. The lowest BCUT2D eigenvalue weighted by atomic mass is 10.0. The molecule has 3 nitrogen and oxygen atoms in total. The summed E-state index contributed by atoms with van der Waals surface area (Å²) in [6.07, 6.45) is 9.84. The van der Waals surface area contributed by atoms with Crippen molar-refractivity contribution in [2.45, 2.75) is 85.6 Å². The van der Waals surface area contributed by atoms with E-state index in [4.69, 9.17) is 15.2 Å². The zero-order valence-electron chi connectivity index (χ0n) is 17.6. The van der Waals surface area contributed by atoms with Crippen molar-refractivity contribution in [3.05, 3.63) is 23.8 Å². The highest BCUT2D eigenvalue weighted by Gasteiger charge is 2.10. The smallest absolute Gasteiger partial charge is 0.123 e. The molecule has 0 amide bonds. The van der Waals surface area contributed by atoms with Crippen molar-refractivity contribution < 1.29 is 9.47 Å². The lowest BCUT2D eigenvalue weighted by Gasteiger charge is -2.18. The fourth-order valence-corrected chi connectivity index (χ4v) is 3.14. The molecule has 3 heteroatoms. The molecule has 0 radical (unpaired) electrons. The molecule has 0 saturated carbocycles. The van der Waals surface area contributed by atoms with Crippen LogP contribution in [0.2, 0.25) is 0 Å². The molecule has 0 heterocycles. The first-order valence-corrected chi connectivity index (χ1v) is 10.8. The zero-order valence-corrected chi connectivity index (χ0v) is 17.6. The highest BCUT2D eigenvalue weighted by molar-refractivity contribution is 5.38. The first-order valence-electron chi connectivity index (χ1n) is 10.8. The van der Waals surface area contributed by atoms with Gasteiger partial charge in [0.15, 0.2) is 0 Å². The van der Waals surface area contributed by atoms with E-state index < -0.39 is 0 Å². The molecule has 1 rings (SSSR count). The summed E-state index contributed by atoms with van der Waals surface area (Å²) in [4.78, 5) is 0. The lowest BCUT2D eigenvalue weighted by molar-refractivity contribution is 0.222. The van der Waals surface area contributed by atoms with Gasteiger partial charge in [0.1, 0.15) is 11.5 Å². The van der Waals surface area contributed by atoms with Gasteiger partial charge in [0.25, 0.3) is 0 Å². The van der Waals surface area contributed by atoms with E-state index in [9.17, 15) is 0 Å². The summed E-state index contributed by atoms with van der Waals surface area (Å²) in [6.45, 7) is 11.0. The molecule has 1 aromatic rings. The number of hydrogen-bond acceptors (Lipinski definition) is 3. The molecular formula is C23H41NO2. The third kappa shape index (κ3) is 8.93. The van der Waals surface area contributed by atoms with Crippen molar-refractivity contribution >= 4 is 0 Å². The van der Waals surface area contributed by atoms with E-state index >= 15 is 0 Å². The van der Waals surface area contributed by atoms with Gasteiger partial charge in [0.2, 0.25) is 0 Å². The molecule has 0 aliphatic heterocycles. The molecule has 0 spiro atoms. The zero-order chi connectivity index (χ0) is 19.2. The summed E-state index contributed by atoms with van der Waals surface area (Å²) < 4.78 is 12.2. The van der Waals surface area contributed by atoms with Crippen molar-refractivity contribution in [2.24, 2.45) is 17.6 Å². The largest absolute Gasteiger partial charge is 0.493 e. The lowest BCUT2D eigenvalue weighted by Crippen LogP contribution is -2.13. The molecule has 0 aromatic heterocycles. The Morgan fingerprint density at radius 3 is 1.58 bits per heavy atom. The molecule has 2 unspecified atom stereocenters. The Balaban J connectivity index is 2.65. The molecule has 2 atom stereocenters. The van der Waals surface area contributed by atoms with E-state index in [1.54, 1.807) is 0 Å². The maximum absolute atomic E-state index is 6.10. The van der Waals surface area contributed by atoms with Crippen LogP contribution in [0.1, 0.15) is 84.6 Å². The summed E-state index contributed by atoms with van der Waals surface area (Å²) in [7, 11) is 0. The van der Waals surface area contributed by atoms with Gasteiger partial charge in [0, 0.05) is 12.6 Å². The minimum atomic E-state index is 0.508. The van der Waals surface area contributed by atoms with E-state index in [2.05, 4.69) is 27.7 Å². The number of ether oxygens (including phenoxy) is 2. The SMILES string of the molecule is CCCCC(CC)COc1cc(CN)cc(OCC(CC)CCCC)c1. The van der Waals surface area contributed by atoms with Gasteiger partial charge in [-0.15, -0.1) is 0 Å². The average Bonchev–Trinajstić information content (AvgIpc) is 2.68. The minimum Gasteiger partial charge on any atom is -0.493 e. The van der Waals surface area contributed by atoms with Gasteiger partial charge >= 0.3 is 0 Å². The van der Waals surface area contributed by atoms with E-state index in [0.29, 0.717) is 18.4 Å². The Morgan fingerprint density at radius 1 is 0.769 bits per heavy atom. The Morgan fingerprint density at radius 2 is 1.23 bits per heavy atom. The van der Waals surface area contributed by atoms with Crippen LogP contribution < -0.4 is 15.2 Å². The monoisotopic (exact) mass is 363 g/mol. The van der Waals surface area contributed by atoms with Crippen LogP contribution in [-0.2, 0) is 6.54 Å². The second-order valence-corrected chi connectivity index (χ2v) is 7.47. The summed E-state index contributed by atoms with van der Waals surface area (Å²) >= 11 is 0. The molecule has 0 saturated heterocycles. The first kappa shape index (κ1) is 22.8. The van der Waals surface area contributed by atoms with Crippen LogP contribution in [0.5, 0.6) is 11.5 Å². The number of benzene rings is 1. The van der Waals surface area contributed by atoms with Gasteiger partial charge in [-0.2, -0.15) is 0 Å². The Bertz CT molecular complexity index is 437. The van der Waals surface area contributed by atoms with Crippen molar-refractivity contribution in [3.63, 3.8) is 0 Å². The quantitative estimate of drug-likeness (QED) is 0.395. The Kier molecular flexibility index (Phi) is 12.2. The van der Waals surface area contributed by atoms with Gasteiger partial charge in [-0.1, -0.05) is 66.2 Å². The van der Waals surface area contributed by atoms with Gasteiger partial charge in [0.05, 0.1) is 13.2 Å². The van der Waals surface area contributed by atoms with E-state index in [-0.39, 0.29) is 0 Å². The summed E-state index contributed by atoms with van der Waals surface area (Å²) in [5.41, 5.74) is 6.94. The first-order chi connectivity index (χ1) is 12.7. The third-order valence-electron chi connectivity index (χ3n) is 5.23. The number of nitrogens with two attached hydrogens (primary N) is 1. The molecule has 0 fully saturated rings. The third-order valence-corrected chi connectivity index (χ3v) is 5.23. The van der Waals surface area contributed by atoms with Crippen molar-refractivity contribution in [2.75, 3.05) is 13.2 Å². The van der Waals surface area contributed by atoms with E-state index in [0.717, 1.165) is 43.1 Å². The van der Waals surface area contributed by atoms with Crippen LogP contribution in [0.3, 0.4) is 0 Å². The van der Waals surface area contributed by atoms with Crippen LogP contribution in [0, 0.1) is 11.8 Å². The van der Waals surface area contributed by atoms with Crippen LogP contribution >= 0.6 is 0 Å². The van der Waals surface area contributed by atoms with Crippen molar-refractivity contribution in [1.82, 2.24) is 0 Å². The fraction of sp³-hybridized carbons (Fsp3) is 0.739. The molecule has 1 aromatic carbocycles. The summed E-state index contributed by atoms with van der Waals surface area (Å²) in [6, 6.07) is 6.12.